The van der Waals surface area contributed by atoms with Gasteiger partial charge in [-0.25, -0.2) is 9.97 Å². The van der Waals surface area contributed by atoms with Crippen LogP contribution >= 0.6 is 0 Å². The highest BCUT2D eigenvalue weighted by molar-refractivity contribution is 5.77. The number of esters is 1. The predicted octanol–water partition coefficient (Wildman–Crippen LogP) is 1.13. The maximum atomic E-state index is 11.2. The zero-order valence-corrected chi connectivity index (χ0v) is 8.88. The smallest absolute Gasteiger partial charge is 0.313 e. The van der Waals surface area contributed by atoms with Gasteiger partial charge in [0.1, 0.15) is 12.2 Å². The second-order valence-electron chi connectivity index (χ2n) is 3.20. The standard InChI is InChI=1S/C11H11N3O2/c1-2-16-11(15)5-10-13-6-8-3-4-12-7-9(8)14-10/h3-4,6-7H,2,5H2,1H3. The Bertz CT molecular complexity index is 513. The lowest BCUT2D eigenvalue weighted by Crippen LogP contribution is -2.10. The number of hydrogen-bond donors (Lipinski definition) is 0. The van der Waals surface area contributed by atoms with E-state index in [0.717, 1.165) is 10.9 Å². The van der Waals surface area contributed by atoms with Gasteiger partial charge in [-0.3, -0.25) is 9.78 Å². The molecule has 5 heteroatoms. The third-order valence-corrected chi connectivity index (χ3v) is 2.04. The van der Waals surface area contributed by atoms with Crippen LogP contribution < -0.4 is 0 Å². The summed E-state index contributed by atoms with van der Waals surface area (Å²) in [6, 6.07) is 1.82. The molecule has 0 bridgehead atoms. The molecule has 0 aliphatic rings. The van der Waals surface area contributed by atoms with Gasteiger partial charge < -0.3 is 4.74 Å². The monoisotopic (exact) mass is 217 g/mol. The summed E-state index contributed by atoms with van der Waals surface area (Å²) in [5.41, 5.74) is 0.733. The number of aromatic nitrogens is 3. The largest absolute Gasteiger partial charge is 0.466 e. The van der Waals surface area contributed by atoms with Gasteiger partial charge in [-0.05, 0) is 13.0 Å². The highest BCUT2D eigenvalue weighted by Crippen LogP contribution is 2.08. The summed E-state index contributed by atoms with van der Waals surface area (Å²) in [4.78, 5) is 23.5. The molecule has 2 aromatic heterocycles. The molecule has 2 heterocycles. The van der Waals surface area contributed by atoms with Crippen molar-refractivity contribution in [3.8, 4) is 0 Å². The Hall–Kier alpha value is -2.04. The topological polar surface area (TPSA) is 65.0 Å². The van der Waals surface area contributed by atoms with E-state index < -0.39 is 0 Å². The number of ether oxygens (including phenoxy) is 1. The van der Waals surface area contributed by atoms with Crippen molar-refractivity contribution >= 4 is 16.9 Å². The van der Waals surface area contributed by atoms with Gasteiger partial charge in [-0.2, -0.15) is 0 Å². The van der Waals surface area contributed by atoms with E-state index in [1.165, 1.54) is 0 Å². The predicted molar refractivity (Wildman–Crippen MR) is 57.7 cm³/mol. The second-order valence-corrected chi connectivity index (χ2v) is 3.20. The van der Waals surface area contributed by atoms with Gasteiger partial charge in [0, 0.05) is 17.8 Å². The van der Waals surface area contributed by atoms with Gasteiger partial charge in [0.25, 0.3) is 0 Å². The van der Waals surface area contributed by atoms with Crippen molar-refractivity contribution in [1.82, 2.24) is 15.0 Å². The Kier molecular flexibility index (Phi) is 3.05. The van der Waals surface area contributed by atoms with Crippen LogP contribution in [0.3, 0.4) is 0 Å². The molecule has 0 unspecified atom stereocenters. The van der Waals surface area contributed by atoms with Crippen LogP contribution in [0.25, 0.3) is 10.9 Å². The average molecular weight is 217 g/mol. The first-order chi connectivity index (χ1) is 7.79. The molecule has 0 aromatic carbocycles. The molecule has 16 heavy (non-hydrogen) atoms. The van der Waals surface area contributed by atoms with E-state index in [2.05, 4.69) is 15.0 Å². The SMILES string of the molecule is CCOC(=O)Cc1ncc2ccncc2n1. The van der Waals surface area contributed by atoms with Crippen molar-refractivity contribution in [2.75, 3.05) is 6.61 Å². The number of nitrogens with zero attached hydrogens (tertiary/aromatic N) is 3. The summed E-state index contributed by atoms with van der Waals surface area (Å²) in [5, 5.41) is 0.905. The summed E-state index contributed by atoms with van der Waals surface area (Å²) < 4.78 is 4.82. The average Bonchev–Trinajstić information content (AvgIpc) is 2.29. The van der Waals surface area contributed by atoms with E-state index in [-0.39, 0.29) is 12.4 Å². The molecule has 0 saturated heterocycles. The number of carbonyl (C=O) groups excluding carboxylic acids is 1. The molecule has 0 aliphatic carbocycles. The first kappa shape index (κ1) is 10.5. The Morgan fingerprint density at radius 2 is 2.31 bits per heavy atom. The molecular formula is C11H11N3O2. The molecule has 0 N–H and O–H groups in total. The fraction of sp³-hybridized carbons (Fsp3) is 0.273. The van der Waals surface area contributed by atoms with E-state index in [1.807, 2.05) is 6.07 Å². The van der Waals surface area contributed by atoms with Crippen molar-refractivity contribution in [2.45, 2.75) is 13.3 Å². The van der Waals surface area contributed by atoms with Crippen molar-refractivity contribution in [2.24, 2.45) is 0 Å². The Labute approximate surface area is 92.5 Å². The number of carbonyl (C=O) groups is 1. The minimum Gasteiger partial charge on any atom is -0.466 e. The van der Waals surface area contributed by atoms with Crippen LogP contribution in [0.1, 0.15) is 12.7 Å². The van der Waals surface area contributed by atoms with Crippen LogP contribution in [-0.4, -0.2) is 27.5 Å². The lowest BCUT2D eigenvalue weighted by molar-refractivity contribution is -0.142. The summed E-state index contributed by atoms with van der Waals surface area (Å²) in [6.07, 6.45) is 5.10. The highest BCUT2D eigenvalue weighted by Gasteiger charge is 2.07. The Morgan fingerprint density at radius 1 is 1.44 bits per heavy atom. The molecule has 0 aliphatic heterocycles. The lowest BCUT2D eigenvalue weighted by Gasteiger charge is -2.01. The van der Waals surface area contributed by atoms with E-state index in [4.69, 9.17) is 4.74 Å². The van der Waals surface area contributed by atoms with Gasteiger partial charge in [0.2, 0.25) is 0 Å². The molecule has 2 rings (SSSR count). The molecule has 0 atom stereocenters. The molecule has 5 nitrogen and oxygen atoms in total. The Balaban J connectivity index is 2.22. The normalized spacial score (nSPS) is 10.3. The summed E-state index contributed by atoms with van der Waals surface area (Å²) in [5.74, 6) is 0.143. The van der Waals surface area contributed by atoms with Crippen LogP contribution in [0.4, 0.5) is 0 Å². The van der Waals surface area contributed by atoms with Crippen molar-refractivity contribution in [3.63, 3.8) is 0 Å². The summed E-state index contributed by atoms with van der Waals surface area (Å²) in [6.45, 7) is 2.14. The first-order valence-corrected chi connectivity index (χ1v) is 5.01. The molecule has 0 saturated carbocycles. The van der Waals surface area contributed by atoms with Crippen molar-refractivity contribution in [1.29, 1.82) is 0 Å². The quantitative estimate of drug-likeness (QED) is 0.721. The number of hydrogen-bond acceptors (Lipinski definition) is 5. The molecule has 0 amide bonds. The van der Waals surface area contributed by atoms with E-state index in [0.29, 0.717) is 12.4 Å². The fourth-order valence-electron chi connectivity index (χ4n) is 1.34. The maximum Gasteiger partial charge on any atom is 0.313 e. The van der Waals surface area contributed by atoms with E-state index in [9.17, 15) is 4.79 Å². The van der Waals surface area contributed by atoms with Gasteiger partial charge in [-0.15, -0.1) is 0 Å². The molecule has 0 radical (unpaired) electrons. The van der Waals surface area contributed by atoms with Crippen LogP contribution in [0, 0.1) is 0 Å². The van der Waals surface area contributed by atoms with Crippen LogP contribution in [0.15, 0.2) is 24.7 Å². The highest BCUT2D eigenvalue weighted by atomic mass is 16.5. The second kappa shape index (κ2) is 4.65. The van der Waals surface area contributed by atoms with E-state index >= 15 is 0 Å². The minimum atomic E-state index is -0.314. The summed E-state index contributed by atoms with van der Waals surface area (Å²) >= 11 is 0. The first-order valence-electron chi connectivity index (χ1n) is 5.01. The van der Waals surface area contributed by atoms with Crippen molar-refractivity contribution < 1.29 is 9.53 Å². The van der Waals surface area contributed by atoms with Crippen LogP contribution in [-0.2, 0) is 16.0 Å². The molecule has 0 fully saturated rings. The maximum absolute atomic E-state index is 11.2. The van der Waals surface area contributed by atoms with Gasteiger partial charge in [0.05, 0.1) is 18.3 Å². The molecule has 82 valence electrons. The molecular weight excluding hydrogens is 206 g/mol. The van der Waals surface area contributed by atoms with Gasteiger partial charge in [0.15, 0.2) is 0 Å². The van der Waals surface area contributed by atoms with Crippen LogP contribution in [0.2, 0.25) is 0 Å². The van der Waals surface area contributed by atoms with Gasteiger partial charge >= 0.3 is 5.97 Å². The van der Waals surface area contributed by atoms with Gasteiger partial charge in [-0.1, -0.05) is 0 Å². The van der Waals surface area contributed by atoms with E-state index in [1.54, 1.807) is 25.5 Å². The molecule has 2 aromatic rings. The zero-order valence-electron chi connectivity index (χ0n) is 8.88. The number of pyridine rings is 1. The number of fused-ring (bicyclic) bond motifs is 1. The minimum absolute atomic E-state index is 0.0959. The molecule has 0 spiro atoms. The fourth-order valence-corrected chi connectivity index (χ4v) is 1.34. The lowest BCUT2D eigenvalue weighted by atomic mass is 10.3. The third-order valence-electron chi connectivity index (χ3n) is 2.04. The van der Waals surface area contributed by atoms with Crippen molar-refractivity contribution in [3.05, 3.63) is 30.5 Å². The summed E-state index contributed by atoms with van der Waals surface area (Å²) in [7, 11) is 0. The Morgan fingerprint density at radius 3 is 3.12 bits per heavy atom. The third kappa shape index (κ3) is 2.31. The van der Waals surface area contributed by atoms with Crippen LogP contribution in [0.5, 0.6) is 0 Å². The zero-order chi connectivity index (χ0) is 11.4. The number of rotatable bonds is 3.